The average molecular weight is 321 g/mol. The van der Waals surface area contributed by atoms with Crippen LogP contribution in [0.25, 0.3) is 0 Å². The summed E-state index contributed by atoms with van der Waals surface area (Å²) in [5.41, 5.74) is 1.22. The Morgan fingerprint density at radius 3 is 2.36 bits per heavy atom. The fraction of sp³-hybridized carbons (Fsp3) is 0.529. The minimum absolute atomic E-state index is 0.0610. The van der Waals surface area contributed by atoms with Crippen LogP contribution in [0.4, 0.5) is 0 Å². The molecule has 1 aromatic rings. The van der Waals surface area contributed by atoms with Crippen LogP contribution in [0.15, 0.2) is 29.2 Å². The highest BCUT2D eigenvalue weighted by Gasteiger charge is 2.29. The number of likely N-dealkylation sites (tertiary alicyclic amines) is 1. The Morgan fingerprint density at radius 2 is 1.82 bits per heavy atom. The molecule has 0 spiro atoms. The molecule has 1 aliphatic rings. The summed E-state index contributed by atoms with van der Waals surface area (Å²) in [6.07, 6.45) is 1.39. The van der Waals surface area contributed by atoms with Gasteiger partial charge in [-0.2, -0.15) is 0 Å². The standard InChI is InChI=1S/C17H23NO3S/c1-12-4-6-15(7-5-12)22-13(2)16(19)18-10-8-14(9-11-18)17(20)21-3/h4-7,13-14H,8-11H2,1-3H3. The van der Waals surface area contributed by atoms with Gasteiger partial charge in [0, 0.05) is 18.0 Å². The molecule has 1 atom stereocenters. The maximum absolute atomic E-state index is 12.5. The van der Waals surface area contributed by atoms with E-state index in [0.717, 1.165) is 4.90 Å². The van der Waals surface area contributed by atoms with Gasteiger partial charge < -0.3 is 9.64 Å². The summed E-state index contributed by atoms with van der Waals surface area (Å²) in [4.78, 5) is 27.0. The van der Waals surface area contributed by atoms with Crippen molar-refractivity contribution >= 4 is 23.6 Å². The van der Waals surface area contributed by atoms with Crippen LogP contribution in [0, 0.1) is 12.8 Å². The monoisotopic (exact) mass is 321 g/mol. The molecule has 0 bridgehead atoms. The van der Waals surface area contributed by atoms with Crippen LogP contribution in [-0.2, 0) is 14.3 Å². The summed E-state index contributed by atoms with van der Waals surface area (Å²) in [5.74, 6) is -0.0721. The van der Waals surface area contributed by atoms with Crippen molar-refractivity contribution < 1.29 is 14.3 Å². The SMILES string of the molecule is COC(=O)C1CCN(C(=O)C(C)Sc2ccc(C)cc2)CC1. The maximum atomic E-state index is 12.5. The summed E-state index contributed by atoms with van der Waals surface area (Å²) < 4.78 is 4.77. The first-order chi connectivity index (χ1) is 10.5. The van der Waals surface area contributed by atoms with Gasteiger partial charge in [0.2, 0.25) is 5.91 Å². The Labute approximate surface area is 136 Å². The first-order valence-electron chi connectivity index (χ1n) is 7.61. The normalized spacial score (nSPS) is 17.1. The number of nitrogens with zero attached hydrogens (tertiary/aromatic N) is 1. The van der Waals surface area contributed by atoms with Gasteiger partial charge in [-0.3, -0.25) is 9.59 Å². The zero-order valence-corrected chi connectivity index (χ0v) is 14.2. The van der Waals surface area contributed by atoms with E-state index in [-0.39, 0.29) is 23.0 Å². The van der Waals surface area contributed by atoms with E-state index >= 15 is 0 Å². The van der Waals surface area contributed by atoms with E-state index in [1.165, 1.54) is 12.7 Å². The van der Waals surface area contributed by atoms with Crippen LogP contribution in [0.3, 0.4) is 0 Å². The lowest BCUT2D eigenvalue weighted by Gasteiger charge is -2.32. The third kappa shape index (κ3) is 4.26. The molecule has 1 aliphatic heterocycles. The number of hydrogen-bond donors (Lipinski definition) is 0. The minimum atomic E-state index is -0.158. The molecule has 1 amide bonds. The average Bonchev–Trinajstić information content (AvgIpc) is 2.55. The molecule has 0 N–H and O–H groups in total. The van der Waals surface area contributed by atoms with Crippen molar-refractivity contribution in [3.63, 3.8) is 0 Å². The zero-order valence-electron chi connectivity index (χ0n) is 13.4. The molecule has 0 aliphatic carbocycles. The number of amides is 1. The lowest BCUT2D eigenvalue weighted by atomic mass is 9.97. The Hall–Kier alpha value is -1.49. The molecule has 1 saturated heterocycles. The second-order valence-corrected chi connectivity index (χ2v) is 7.11. The summed E-state index contributed by atoms with van der Waals surface area (Å²) in [6, 6.07) is 8.21. The quantitative estimate of drug-likeness (QED) is 0.632. The summed E-state index contributed by atoms with van der Waals surface area (Å²) in [5, 5.41) is -0.114. The van der Waals surface area contributed by atoms with Crippen molar-refractivity contribution in [1.82, 2.24) is 4.90 Å². The van der Waals surface area contributed by atoms with Gasteiger partial charge in [0.25, 0.3) is 0 Å². The number of hydrogen-bond acceptors (Lipinski definition) is 4. The highest BCUT2D eigenvalue weighted by Crippen LogP contribution is 2.26. The van der Waals surface area contributed by atoms with E-state index in [9.17, 15) is 9.59 Å². The van der Waals surface area contributed by atoms with Gasteiger partial charge in [-0.1, -0.05) is 17.7 Å². The number of carbonyl (C=O) groups is 2. The fourth-order valence-electron chi connectivity index (χ4n) is 2.63. The Bertz CT molecular complexity index is 521. The summed E-state index contributed by atoms with van der Waals surface area (Å²) in [6.45, 7) is 5.27. The fourth-order valence-corrected chi connectivity index (χ4v) is 3.58. The second-order valence-electron chi connectivity index (χ2n) is 5.70. The summed E-state index contributed by atoms with van der Waals surface area (Å²) >= 11 is 1.58. The van der Waals surface area contributed by atoms with Crippen molar-refractivity contribution in [3.05, 3.63) is 29.8 Å². The van der Waals surface area contributed by atoms with Gasteiger partial charge in [-0.05, 0) is 38.8 Å². The van der Waals surface area contributed by atoms with Crippen molar-refractivity contribution in [3.8, 4) is 0 Å². The van der Waals surface area contributed by atoms with Gasteiger partial charge in [0.15, 0.2) is 0 Å². The molecule has 0 saturated carbocycles. The number of rotatable bonds is 4. The highest BCUT2D eigenvalue weighted by molar-refractivity contribution is 8.00. The smallest absolute Gasteiger partial charge is 0.308 e. The van der Waals surface area contributed by atoms with Gasteiger partial charge in [0.1, 0.15) is 0 Å². The molecule has 22 heavy (non-hydrogen) atoms. The van der Waals surface area contributed by atoms with Crippen LogP contribution in [0.2, 0.25) is 0 Å². The number of aryl methyl sites for hydroxylation is 1. The van der Waals surface area contributed by atoms with Gasteiger partial charge >= 0.3 is 5.97 Å². The van der Waals surface area contributed by atoms with Crippen LogP contribution in [0.5, 0.6) is 0 Å². The molecule has 0 radical (unpaired) electrons. The van der Waals surface area contributed by atoms with Gasteiger partial charge in [-0.15, -0.1) is 11.8 Å². The van der Waals surface area contributed by atoms with E-state index < -0.39 is 0 Å². The maximum Gasteiger partial charge on any atom is 0.308 e. The molecule has 5 heteroatoms. The van der Waals surface area contributed by atoms with Crippen molar-refractivity contribution in [2.75, 3.05) is 20.2 Å². The number of piperidine rings is 1. The van der Waals surface area contributed by atoms with Crippen LogP contribution in [0.1, 0.15) is 25.3 Å². The number of methoxy groups -OCH3 is 1. The molecule has 1 fully saturated rings. The second kappa shape index (κ2) is 7.68. The van der Waals surface area contributed by atoms with Gasteiger partial charge in [0.05, 0.1) is 18.3 Å². The summed E-state index contributed by atoms with van der Waals surface area (Å²) in [7, 11) is 1.42. The molecule has 1 unspecified atom stereocenters. The van der Waals surface area contributed by atoms with Gasteiger partial charge in [-0.25, -0.2) is 0 Å². The molecular weight excluding hydrogens is 298 g/mol. The number of benzene rings is 1. The molecule has 1 heterocycles. The molecule has 4 nitrogen and oxygen atoms in total. The largest absolute Gasteiger partial charge is 0.469 e. The van der Waals surface area contributed by atoms with E-state index in [4.69, 9.17) is 4.74 Å². The van der Waals surface area contributed by atoms with E-state index in [1.54, 1.807) is 11.8 Å². The highest BCUT2D eigenvalue weighted by atomic mass is 32.2. The Kier molecular flexibility index (Phi) is 5.89. The van der Waals surface area contributed by atoms with E-state index in [2.05, 4.69) is 19.1 Å². The van der Waals surface area contributed by atoms with E-state index in [0.29, 0.717) is 25.9 Å². The topological polar surface area (TPSA) is 46.6 Å². The zero-order chi connectivity index (χ0) is 16.1. The molecule has 1 aromatic carbocycles. The Balaban J connectivity index is 1.86. The van der Waals surface area contributed by atoms with Crippen LogP contribution < -0.4 is 0 Å². The van der Waals surface area contributed by atoms with Crippen LogP contribution >= 0.6 is 11.8 Å². The molecule has 2 rings (SSSR count). The Morgan fingerprint density at radius 1 is 1.23 bits per heavy atom. The minimum Gasteiger partial charge on any atom is -0.469 e. The molecular formula is C17H23NO3S. The predicted molar refractivity (Wildman–Crippen MR) is 87.8 cm³/mol. The third-order valence-corrected chi connectivity index (χ3v) is 5.12. The van der Waals surface area contributed by atoms with Crippen molar-refractivity contribution in [2.45, 2.75) is 36.8 Å². The number of carbonyl (C=O) groups excluding carboxylic acids is 2. The van der Waals surface area contributed by atoms with Crippen LogP contribution in [-0.4, -0.2) is 42.2 Å². The van der Waals surface area contributed by atoms with Crippen molar-refractivity contribution in [2.24, 2.45) is 5.92 Å². The van der Waals surface area contributed by atoms with E-state index in [1.807, 2.05) is 24.0 Å². The third-order valence-electron chi connectivity index (χ3n) is 4.02. The molecule has 120 valence electrons. The lowest BCUT2D eigenvalue weighted by molar-refractivity contribution is -0.148. The number of esters is 1. The number of thioether (sulfide) groups is 1. The lowest BCUT2D eigenvalue weighted by Crippen LogP contribution is -2.43. The van der Waals surface area contributed by atoms with Crippen molar-refractivity contribution in [1.29, 1.82) is 0 Å². The first-order valence-corrected chi connectivity index (χ1v) is 8.49. The first kappa shape index (κ1) is 16.9. The predicted octanol–water partition coefficient (Wildman–Crippen LogP) is 2.89. The molecule has 0 aromatic heterocycles. The number of ether oxygens (including phenoxy) is 1.